The van der Waals surface area contributed by atoms with E-state index < -0.39 is 0 Å². The van der Waals surface area contributed by atoms with Crippen molar-refractivity contribution in [2.45, 2.75) is 26.3 Å². The molecular weight excluding hydrogens is 354 g/mol. The first-order valence-corrected chi connectivity index (χ1v) is 9.14. The zero-order chi connectivity index (χ0) is 19.9. The lowest BCUT2D eigenvalue weighted by Crippen LogP contribution is -2.23. The molecule has 0 aliphatic heterocycles. The number of oxazole rings is 1. The molecule has 0 atom stereocenters. The van der Waals surface area contributed by atoms with E-state index in [4.69, 9.17) is 4.42 Å². The van der Waals surface area contributed by atoms with Gasteiger partial charge in [0.25, 0.3) is 5.91 Å². The van der Waals surface area contributed by atoms with Crippen LogP contribution in [0.15, 0.2) is 59.1 Å². The van der Waals surface area contributed by atoms with Crippen LogP contribution >= 0.6 is 0 Å². The molecule has 0 unspecified atom stereocenters. The summed E-state index contributed by atoms with van der Waals surface area (Å²) < 4.78 is 5.74. The van der Waals surface area contributed by atoms with E-state index in [1.54, 1.807) is 25.4 Å². The summed E-state index contributed by atoms with van der Waals surface area (Å²) >= 11 is 0. The summed E-state index contributed by atoms with van der Waals surface area (Å²) in [7, 11) is 1.59. The number of hydrogen-bond acceptors (Lipinski definition) is 4. The summed E-state index contributed by atoms with van der Waals surface area (Å²) in [6.07, 6.45) is 2.42. The molecular formula is C22H23N3O3. The molecule has 0 radical (unpaired) electrons. The van der Waals surface area contributed by atoms with Crippen LogP contribution in [0, 0.1) is 6.92 Å². The molecule has 2 N–H and O–H groups in total. The molecule has 0 saturated heterocycles. The number of nitrogens with one attached hydrogen (secondary N) is 2. The van der Waals surface area contributed by atoms with Crippen molar-refractivity contribution in [1.82, 2.24) is 15.6 Å². The molecule has 1 aromatic heterocycles. The first-order chi connectivity index (χ1) is 13.5. The molecule has 0 aliphatic carbocycles. The molecule has 6 heteroatoms. The number of carbonyl (C=O) groups excluding carboxylic acids is 2. The number of rotatable bonds is 7. The second-order valence-corrected chi connectivity index (χ2v) is 6.54. The van der Waals surface area contributed by atoms with Crippen molar-refractivity contribution in [2.75, 3.05) is 7.05 Å². The third-order valence-corrected chi connectivity index (χ3v) is 4.39. The second kappa shape index (κ2) is 8.99. The summed E-state index contributed by atoms with van der Waals surface area (Å²) in [6.45, 7) is 2.44. The van der Waals surface area contributed by atoms with Crippen LogP contribution in [0.4, 0.5) is 0 Å². The van der Waals surface area contributed by atoms with E-state index in [-0.39, 0.29) is 11.8 Å². The van der Waals surface area contributed by atoms with Gasteiger partial charge in [0.05, 0.1) is 6.20 Å². The summed E-state index contributed by atoms with van der Waals surface area (Å²) in [5, 5.41) is 5.44. The zero-order valence-electron chi connectivity index (χ0n) is 16.0. The van der Waals surface area contributed by atoms with Gasteiger partial charge in [-0.25, -0.2) is 4.98 Å². The minimum Gasteiger partial charge on any atom is -0.441 e. The van der Waals surface area contributed by atoms with Crippen LogP contribution in [0.1, 0.15) is 33.8 Å². The molecule has 1 heterocycles. The first-order valence-electron chi connectivity index (χ1n) is 9.14. The van der Waals surface area contributed by atoms with Gasteiger partial charge >= 0.3 is 0 Å². The lowest BCUT2D eigenvalue weighted by Gasteiger charge is -2.06. The van der Waals surface area contributed by atoms with E-state index >= 15 is 0 Å². The molecule has 0 saturated carbocycles. The minimum absolute atomic E-state index is 0.0783. The highest BCUT2D eigenvalue weighted by molar-refractivity contribution is 5.93. The monoisotopic (exact) mass is 377 g/mol. The van der Waals surface area contributed by atoms with Crippen LogP contribution in [0.25, 0.3) is 11.3 Å². The number of aryl methyl sites for hydroxylation is 2. The molecule has 0 aliphatic rings. The smallest absolute Gasteiger partial charge is 0.251 e. The maximum Gasteiger partial charge on any atom is 0.251 e. The van der Waals surface area contributed by atoms with Gasteiger partial charge in [-0.3, -0.25) is 9.59 Å². The van der Waals surface area contributed by atoms with Crippen LogP contribution in [0.3, 0.4) is 0 Å². The molecule has 0 fully saturated rings. The van der Waals surface area contributed by atoms with Crippen LogP contribution in [0.5, 0.6) is 0 Å². The lowest BCUT2D eigenvalue weighted by molar-refractivity contribution is -0.121. The Balaban J connectivity index is 1.47. The van der Waals surface area contributed by atoms with Gasteiger partial charge in [0.1, 0.15) is 0 Å². The molecule has 2 amide bonds. The fourth-order valence-corrected chi connectivity index (χ4v) is 2.70. The molecule has 2 aromatic carbocycles. The summed E-state index contributed by atoms with van der Waals surface area (Å²) in [5.41, 5.74) is 3.67. The highest BCUT2D eigenvalue weighted by atomic mass is 16.4. The average Bonchev–Trinajstić information content (AvgIpc) is 3.20. The van der Waals surface area contributed by atoms with Gasteiger partial charge in [-0.1, -0.05) is 42.0 Å². The van der Waals surface area contributed by atoms with E-state index in [0.29, 0.717) is 36.6 Å². The predicted molar refractivity (Wildman–Crippen MR) is 107 cm³/mol. The fraction of sp³-hybridized carbons (Fsp3) is 0.227. The van der Waals surface area contributed by atoms with Gasteiger partial charge < -0.3 is 15.1 Å². The maximum absolute atomic E-state index is 12.1. The average molecular weight is 377 g/mol. The number of aromatic nitrogens is 1. The zero-order valence-corrected chi connectivity index (χ0v) is 16.0. The van der Waals surface area contributed by atoms with Gasteiger partial charge in [0.15, 0.2) is 11.7 Å². The maximum atomic E-state index is 12.1. The molecule has 28 heavy (non-hydrogen) atoms. The third kappa shape index (κ3) is 5.07. The van der Waals surface area contributed by atoms with Crippen molar-refractivity contribution in [3.05, 3.63) is 77.3 Å². The molecule has 6 nitrogen and oxygen atoms in total. The fourth-order valence-electron chi connectivity index (χ4n) is 2.70. The number of carbonyl (C=O) groups is 2. The summed E-state index contributed by atoms with van der Waals surface area (Å²) in [4.78, 5) is 27.9. The van der Waals surface area contributed by atoms with Crippen molar-refractivity contribution in [1.29, 1.82) is 0 Å². The van der Waals surface area contributed by atoms with E-state index in [9.17, 15) is 9.59 Å². The first kappa shape index (κ1) is 19.4. The molecule has 0 spiro atoms. The van der Waals surface area contributed by atoms with Crippen molar-refractivity contribution >= 4 is 11.8 Å². The standard InChI is InChI=1S/C22H23N3O3/c1-15-3-7-17(8-4-15)19-14-25-21(28-19)12-11-20(26)24-13-16-5-9-18(10-6-16)22(27)23-2/h3-10,14H,11-13H2,1-2H3,(H,23,27)(H,24,26). The summed E-state index contributed by atoms with van der Waals surface area (Å²) in [5.74, 6) is 1.03. The minimum atomic E-state index is -0.133. The molecule has 3 aromatic rings. The molecule has 0 bridgehead atoms. The Morgan fingerprint density at radius 2 is 1.75 bits per heavy atom. The number of amides is 2. The van der Waals surface area contributed by atoms with Gasteiger partial charge in [-0.2, -0.15) is 0 Å². The highest BCUT2D eigenvalue weighted by Crippen LogP contribution is 2.21. The van der Waals surface area contributed by atoms with E-state index in [1.807, 2.05) is 43.3 Å². The van der Waals surface area contributed by atoms with Gasteiger partial charge in [-0.05, 0) is 24.6 Å². The number of nitrogens with zero attached hydrogens (tertiary/aromatic N) is 1. The Morgan fingerprint density at radius 1 is 1.04 bits per heavy atom. The lowest BCUT2D eigenvalue weighted by atomic mass is 10.1. The van der Waals surface area contributed by atoms with Crippen LogP contribution in [0.2, 0.25) is 0 Å². The van der Waals surface area contributed by atoms with Crippen LogP contribution in [-0.4, -0.2) is 23.8 Å². The SMILES string of the molecule is CNC(=O)c1ccc(CNC(=O)CCc2ncc(-c3ccc(C)cc3)o2)cc1. The van der Waals surface area contributed by atoms with Gasteiger partial charge in [0, 0.05) is 37.6 Å². The van der Waals surface area contributed by atoms with Crippen molar-refractivity contribution in [3.8, 4) is 11.3 Å². The van der Waals surface area contributed by atoms with E-state index in [0.717, 1.165) is 11.1 Å². The van der Waals surface area contributed by atoms with E-state index in [1.165, 1.54) is 5.56 Å². The normalized spacial score (nSPS) is 10.5. The van der Waals surface area contributed by atoms with Crippen molar-refractivity contribution < 1.29 is 14.0 Å². The Kier molecular flexibility index (Phi) is 6.22. The van der Waals surface area contributed by atoms with Crippen LogP contribution in [-0.2, 0) is 17.8 Å². The third-order valence-electron chi connectivity index (χ3n) is 4.39. The summed E-state index contributed by atoms with van der Waals surface area (Å²) in [6, 6.07) is 15.1. The Morgan fingerprint density at radius 3 is 2.43 bits per heavy atom. The van der Waals surface area contributed by atoms with E-state index in [2.05, 4.69) is 15.6 Å². The van der Waals surface area contributed by atoms with Crippen molar-refractivity contribution in [2.24, 2.45) is 0 Å². The number of hydrogen-bond donors (Lipinski definition) is 2. The second-order valence-electron chi connectivity index (χ2n) is 6.54. The molecule has 3 rings (SSSR count). The van der Waals surface area contributed by atoms with Gasteiger partial charge in [-0.15, -0.1) is 0 Å². The largest absolute Gasteiger partial charge is 0.441 e. The van der Waals surface area contributed by atoms with Crippen LogP contribution < -0.4 is 10.6 Å². The predicted octanol–water partition coefficient (Wildman–Crippen LogP) is 3.26. The topological polar surface area (TPSA) is 84.2 Å². The van der Waals surface area contributed by atoms with Gasteiger partial charge in [0.2, 0.25) is 5.91 Å². The molecule has 144 valence electrons. The highest BCUT2D eigenvalue weighted by Gasteiger charge is 2.09. The quantitative estimate of drug-likeness (QED) is 0.662. The Labute approximate surface area is 164 Å². The Hall–Kier alpha value is -3.41. The number of benzene rings is 2. The Bertz CT molecular complexity index is 944. The van der Waals surface area contributed by atoms with Crippen molar-refractivity contribution in [3.63, 3.8) is 0 Å².